The number of thiazole rings is 1. The summed E-state index contributed by atoms with van der Waals surface area (Å²) in [4.78, 5) is 4.00. The standard InChI is InChI=1S/C10H10F2N2S/c1-2-5-13-10-14-8-6(11)3-4-7(12)9(8)15-10/h3-4H,2,5H2,1H3,(H,13,14). The van der Waals surface area contributed by atoms with Crippen LogP contribution >= 0.6 is 11.3 Å². The van der Waals surface area contributed by atoms with Gasteiger partial charge in [0.1, 0.15) is 11.3 Å². The summed E-state index contributed by atoms with van der Waals surface area (Å²) in [6, 6.07) is 2.22. The summed E-state index contributed by atoms with van der Waals surface area (Å²) in [5, 5.41) is 3.58. The molecule has 2 nitrogen and oxygen atoms in total. The summed E-state index contributed by atoms with van der Waals surface area (Å²) < 4.78 is 26.8. The molecule has 80 valence electrons. The highest BCUT2D eigenvalue weighted by Crippen LogP contribution is 2.29. The molecule has 0 radical (unpaired) electrons. The van der Waals surface area contributed by atoms with Gasteiger partial charge in [-0.2, -0.15) is 0 Å². The van der Waals surface area contributed by atoms with Gasteiger partial charge in [0.2, 0.25) is 0 Å². The second-order valence-electron chi connectivity index (χ2n) is 3.15. The average molecular weight is 228 g/mol. The monoisotopic (exact) mass is 228 g/mol. The molecule has 1 aromatic heterocycles. The van der Waals surface area contributed by atoms with Crippen LogP contribution in [-0.2, 0) is 0 Å². The Kier molecular flexibility index (Phi) is 2.81. The lowest BCUT2D eigenvalue weighted by molar-refractivity contribution is 0.617. The molecule has 0 aliphatic heterocycles. The van der Waals surface area contributed by atoms with Crippen LogP contribution in [0.5, 0.6) is 0 Å². The first-order valence-electron chi connectivity index (χ1n) is 4.70. The smallest absolute Gasteiger partial charge is 0.183 e. The molecule has 0 bridgehead atoms. The third kappa shape index (κ3) is 1.92. The first-order chi connectivity index (χ1) is 7.22. The van der Waals surface area contributed by atoms with E-state index in [1.54, 1.807) is 0 Å². The second kappa shape index (κ2) is 4.10. The predicted molar refractivity (Wildman–Crippen MR) is 58.3 cm³/mol. The summed E-state index contributed by atoms with van der Waals surface area (Å²) in [5.41, 5.74) is 0.110. The van der Waals surface area contributed by atoms with Crippen LogP contribution in [0.1, 0.15) is 13.3 Å². The van der Waals surface area contributed by atoms with Gasteiger partial charge in [-0.1, -0.05) is 18.3 Å². The zero-order valence-corrected chi connectivity index (χ0v) is 9.00. The molecule has 15 heavy (non-hydrogen) atoms. The third-order valence-corrected chi connectivity index (χ3v) is 2.99. The molecular formula is C10H10F2N2S. The zero-order valence-electron chi connectivity index (χ0n) is 8.18. The fourth-order valence-corrected chi connectivity index (χ4v) is 2.16. The quantitative estimate of drug-likeness (QED) is 0.870. The summed E-state index contributed by atoms with van der Waals surface area (Å²) in [6.07, 6.45) is 0.945. The lowest BCUT2D eigenvalue weighted by atomic mass is 10.3. The van der Waals surface area contributed by atoms with Gasteiger partial charge in [-0.15, -0.1) is 0 Å². The molecule has 1 heterocycles. The summed E-state index contributed by atoms with van der Waals surface area (Å²) >= 11 is 1.14. The van der Waals surface area contributed by atoms with Crippen molar-refractivity contribution in [3.63, 3.8) is 0 Å². The Balaban J connectivity index is 2.45. The molecule has 1 N–H and O–H groups in total. The third-order valence-electron chi connectivity index (χ3n) is 1.97. The van der Waals surface area contributed by atoms with Crippen LogP contribution in [0.4, 0.5) is 13.9 Å². The van der Waals surface area contributed by atoms with E-state index in [0.29, 0.717) is 5.13 Å². The molecule has 0 atom stereocenters. The Morgan fingerprint density at radius 3 is 2.73 bits per heavy atom. The normalized spacial score (nSPS) is 10.9. The number of hydrogen-bond donors (Lipinski definition) is 1. The van der Waals surface area contributed by atoms with Crippen molar-refractivity contribution in [2.45, 2.75) is 13.3 Å². The van der Waals surface area contributed by atoms with Gasteiger partial charge in [-0.3, -0.25) is 0 Å². The van der Waals surface area contributed by atoms with Crippen LogP contribution < -0.4 is 5.32 Å². The lowest BCUT2D eigenvalue weighted by Gasteiger charge is -1.95. The summed E-state index contributed by atoms with van der Waals surface area (Å²) in [7, 11) is 0. The van der Waals surface area contributed by atoms with Crippen molar-refractivity contribution in [3.8, 4) is 0 Å². The minimum atomic E-state index is -0.479. The van der Waals surface area contributed by atoms with Crippen molar-refractivity contribution in [2.75, 3.05) is 11.9 Å². The maximum atomic E-state index is 13.3. The maximum absolute atomic E-state index is 13.3. The minimum Gasteiger partial charge on any atom is -0.361 e. The number of anilines is 1. The molecule has 1 aromatic carbocycles. The number of nitrogens with zero attached hydrogens (tertiary/aromatic N) is 1. The topological polar surface area (TPSA) is 24.9 Å². The number of hydrogen-bond acceptors (Lipinski definition) is 3. The number of aromatic nitrogens is 1. The zero-order chi connectivity index (χ0) is 10.8. The predicted octanol–water partition coefficient (Wildman–Crippen LogP) is 3.40. The molecule has 0 unspecified atom stereocenters. The number of fused-ring (bicyclic) bond motifs is 1. The number of benzene rings is 1. The van der Waals surface area contributed by atoms with Gasteiger partial charge in [0.25, 0.3) is 0 Å². The van der Waals surface area contributed by atoms with E-state index in [1.165, 1.54) is 0 Å². The lowest BCUT2D eigenvalue weighted by Crippen LogP contribution is -1.98. The van der Waals surface area contributed by atoms with E-state index in [1.807, 2.05) is 6.92 Å². The van der Waals surface area contributed by atoms with Gasteiger partial charge in [0, 0.05) is 6.54 Å². The summed E-state index contributed by atoms with van der Waals surface area (Å²) in [6.45, 7) is 2.77. The van der Waals surface area contributed by atoms with Crippen LogP contribution in [0.3, 0.4) is 0 Å². The molecule has 0 amide bonds. The van der Waals surface area contributed by atoms with Gasteiger partial charge in [0.05, 0.1) is 4.70 Å². The van der Waals surface area contributed by atoms with Crippen molar-refractivity contribution in [2.24, 2.45) is 0 Å². The van der Waals surface area contributed by atoms with Gasteiger partial charge in [-0.25, -0.2) is 13.8 Å². The number of rotatable bonds is 3. The molecule has 0 aliphatic rings. The molecule has 2 rings (SSSR count). The summed E-state index contributed by atoms with van der Waals surface area (Å²) in [5.74, 6) is -0.902. The minimum absolute atomic E-state index is 0.110. The van der Waals surface area contributed by atoms with E-state index in [2.05, 4.69) is 10.3 Å². The highest BCUT2D eigenvalue weighted by molar-refractivity contribution is 7.22. The van der Waals surface area contributed by atoms with Gasteiger partial charge < -0.3 is 5.32 Å². The van der Waals surface area contributed by atoms with E-state index in [9.17, 15) is 8.78 Å². The number of halogens is 2. The van der Waals surface area contributed by atoms with Crippen LogP contribution in [0, 0.1) is 11.6 Å². The Morgan fingerprint density at radius 2 is 2.07 bits per heavy atom. The maximum Gasteiger partial charge on any atom is 0.183 e. The van der Waals surface area contributed by atoms with Crippen LogP contribution in [0.2, 0.25) is 0 Å². The molecule has 0 aliphatic carbocycles. The second-order valence-corrected chi connectivity index (χ2v) is 4.15. The fraction of sp³-hybridized carbons (Fsp3) is 0.300. The van der Waals surface area contributed by atoms with Crippen molar-refractivity contribution in [3.05, 3.63) is 23.8 Å². The number of nitrogens with one attached hydrogen (secondary N) is 1. The Hall–Kier alpha value is -1.23. The van der Waals surface area contributed by atoms with Crippen molar-refractivity contribution in [1.82, 2.24) is 4.98 Å². The van der Waals surface area contributed by atoms with E-state index in [4.69, 9.17) is 0 Å². The van der Waals surface area contributed by atoms with Crippen molar-refractivity contribution in [1.29, 1.82) is 0 Å². The van der Waals surface area contributed by atoms with Gasteiger partial charge in [0.15, 0.2) is 10.9 Å². The van der Waals surface area contributed by atoms with E-state index < -0.39 is 11.6 Å². The van der Waals surface area contributed by atoms with Crippen LogP contribution in [0.25, 0.3) is 10.2 Å². The molecule has 2 aromatic rings. The highest BCUT2D eigenvalue weighted by atomic mass is 32.1. The molecular weight excluding hydrogens is 218 g/mol. The molecule has 0 spiro atoms. The van der Waals surface area contributed by atoms with Gasteiger partial charge in [-0.05, 0) is 18.6 Å². The Labute approximate surface area is 89.9 Å². The van der Waals surface area contributed by atoms with E-state index in [0.717, 1.165) is 36.4 Å². The van der Waals surface area contributed by atoms with Crippen LogP contribution in [-0.4, -0.2) is 11.5 Å². The largest absolute Gasteiger partial charge is 0.361 e. The molecule has 5 heteroatoms. The first kappa shape index (κ1) is 10.3. The Morgan fingerprint density at radius 1 is 1.33 bits per heavy atom. The SMILES string of the molecule is CCCNc1nc2c(F)ccc(F)c2s1. The average Bonchev–Trinajstić information content (AvgIpc) is 2.66. The van der Waals surface area contributed by atoms with E-state index >= 15 is 0 Å². The fourth-order valence-electron chi connectivity index (χ4n) is 1.25. The molecule has 0 fully saturated rings. The molecule has 0 saturated heterocycles. The van der Waals surface area contributed by atoms with Crippen LogP contribution in [0.15, 0.2) is 12.1 Å². The van der Waals surface area contributed by atoms with Crippen molar-refractivity contribution >= 4 is 26.7 Å². The highest BCUT2D eigenvalue weighted by Gasteiger charge is 2.11. The van der Waals surface area contributed by atoms with E-state index in [-0.39, 0.29) is 10.2 Å². The van der Waals surface area contributed by atoms with Gasteiger partial charge >= 0.3 is 0 Å². The molecule has 0 saturated carbocycles. The van der Waals surface area contributed by atoms with Crippen molar-refractivity contribution < 1.29 is 8.78 Å². The Bertz CT molecular complexity index is 442. The first-order valence-corrected chi connectivity index (χ1v) is 5.52.